The number of hydrogen-bond acceptors (Lipinski definition) is 2. The molecule has 0 spiro atoms. The average Bonchev–Trinajstić information content (AvgIpc) is 2.35. The number of rotatable bonds is 6. The second-order valence-electron chi connectivity index (χ2n) is 4.73. The van der Waals surface area contributed by atoms with Crippen LogP contribution in [0.25, 0.3) is 0 Å². The number of nitrogens with zero attached hydrogens (tertiary/aromatic N) is 1. The lowest BCUT2D eigenvalue weighted by Crippen LogP contribution is -2.34. The van der Waals surface area contributed by atoms with Crippen molar-refractivity contribution >= 4 is 10.0 Å². The highest BCUT2D eigenvalue weighted by Crippen LogP contribution is 2.20. The van der Waals surface area contributed by atoms with Crippen LogP contribution in [0.4, 0.5) is 0 Å². The second-order valence-corrected chi connectivity index (χ2v) is 6.64. The molecule has 18 heavy (non-hydrogen) atoms. The van der Waals surface area contributed by atoms with Gasteiger partial charge in [0.2, 0.25) is 10.0 Å². The van der Waals surface area contributed by atoms with Crippen molar-refractivity contribution in [2.24, 2.45) is 5.92 Å². The van der Waals surface area contributed by atoms with Crippen LogP contribution in [0.2, 0.25) is 0 Å². The van der Waals surface area contributed by atoms with E-state index in [1.54, 1.807) is 16.4 Å². The van der Waals surface area contributed by atoms with E-state index in [-0.39, 0.29) is 0 Å². The Kier molecular flexibility index (Phi) is 5.35. The molecule has 0 heterocycles. The number of benzene rings is 1. The van der Waals surface area contributed by atoms with Gasteiger partial charge in [-0.15, -0.1) is 0 Å². The first kappa shape index (κ1) is 15.2. The van der Waals surface area contributed by atoms with Crippen LogP contribution >= 0.6 is 0 Å². The van der Waals surface area contributed by atoms with E-state index in [9.17, 15) is 8.42 Å². The van der Waals surface area contributed by atoms with Gasteiger partial charge in [0.05, 0.1) is 4.90 Å². The van der Waals surface area contributed by atoms with Crippen molar-refractivity contribution in [1.29, 1.82) is 0 Å². The van der Waals surface area contributed by atoms with E-state index in [2.05, 4.69) is 13.8 Å². The Bertz CT molecular complexity index is 482. The minimum Gasteiger partial charge on any atom is -0.207 e. The SMILES string of the molecule is CCC(C)CN(CC)S(=O)(=O)c1ccccc1C. The summed E-state index contributed by atoms with van der Waals surface area (Å²) in [6.07, 6.45) is 0.986. The quantitative estimate of drug-likeness (QED) is 0.796. The first-order valence-corrected chi connectivity index (χ1v) is 7.93. The lowest BCUT2D eigenvalue weighted by atomic mass is 10.1. The molecule has 0 aromatic heterocycles. The van der Waals surface area contributed by atoms with Gasteiger partial charge in [-0.25, -0.2) is 8.42 Å². The van der Waals surface area contributed by atoms with Gasteiger partial charge in [0.1, 0.15) is 0 Å². The maximum absolute atomic E-state index is 12.6. The highest BCUT2D eigenvalue weighted by molar-refractivity contribution is 7.89. The van der Waals surface area contributed by atoms with Crippen molar-refractivity contribution in [1.82, 2.24) is 4.31 Å². The lowest BCUT2D eigenvalue weighted by Gasteiger charge is -2.24. The summed E-state index contributed by atoms with van der Waals surface area (Å²) in [4.78, 5) is 0.426. The van der Waals surface area contributed by atoms with E-state index in [0.29, 0.717) is 23.9 Å². The summed E-state index contributed by atoms with van der Waals surface area (Å²) in [5.41, 5.74) is 0.806. The summed E-state index contributed by atoms with van der Waals surface area (Å²) in [6, 6.07) is 7.16. The third-order valence-electron chi connectivity index (χ3n) is 3.28. The Labute approximate surface area is 111 Å². The molecule has 0 saturated carbocycles. The molecule has 102 valence electrons. The highest BCUT2D eigenvalue weighted by Gasteiger charge is 2.25. The van der Waals surface area contributed by atoms with Crippen molar-refractivity contribution < 1.29 is 8.42 Å². The first-order valence-electron chi connectivity index (χ1n) is 6.49. The van der Waals surface area contributed by atoms with Gasteiger partial charge in [-0.2, -0.15) is 4.31 Å². The van der Waals surface area contributed by atoms with E-state index >= 15 is 0 Å². The van der Waals surface area contributed by atoms with Gasteiger partial charge in [0.25, 0.3) is 0 Å². The predicted octanol–water partition coefficient (Wildman–Crippen LogP) is 3.05. The predicted molar refractivity (Wildman–Crippen MR) is 75.1 cm³/mol. The second kappa shape index (κ2) is 6.34. The maximum atomic E-state index is 12.6. The number of sulfonamides is 1. The fourth-order valence-electron chi connectivity index (χ4n) is 1.86. The summed E-state index contributed by atoms with van der Waals surface area (Å²) < 4.78 is 26.7. The third kappa shape index (κ3) is 3.33. The molecular formula is C14H23NO2S. The van der Waals surface area contributed by atoms with Gasteiger partial charge >= 0.3 is 0 Å². The summed E-state index contributed by atoms with van der Waals surface area (Å²) in [5, 5.41) is 0. The van der Waals surface area contributed by atoms with Crippen molar-refractivity contribution in [2.45, 2.75) is 39.0 Å². The van der Waals surface area contributed by atoms with Crippen molar-refractivity contribution in [3.05, 3.63) is 29.8 Å². The van der Waals surface area contributed by atoms with Gasteiger partial charge in [-0.05, 0) is 24.5 Å². The molecule has 0 aliphatic carbocycles. The van der Waals surface area contributed by atoms with E-state index in [1.807, 2.05) is 26.0 Å². The monoisotopic (exact) mass is 269 g/mol. The zero-order valence-electron chi connectivity index (χ0n) is 11.7. The first-order chi connectivity index (χ1) is 8.43. The van der Waals surface area contributed by atoms with Crippen LogP contribution in [0, 0.1) is 12.8 Å². The van der Waals surface area contributed by atoms with Gasteiger partial charge in [-0.3, -0.25) is 0 Å². The molecule has 0 aliphatic rings. The molecule has 0 N–H and O–H groups in total. The van der Waals surface area contributed by atoms with E-state index in [1.165, 1.54) is 0 Å². The maximum Gasteiger partial charge on any atom is 0.243 e. The van der Waals surface area contributed by atoms with Crippen molar-refractivity contribution in [2.75, 3.05) is 13.1 Å². The Hall–Kier alpha value is -0.870. The highest BCUT2D eigenvalue weighted by atomic mass is 32.2. The summed E-state index contributed by atoms with van der Waals surface area (Å²) >= 11 is 0. The summed E-state index contributed by atoms with van der Waals surface area (Å²) in [7, 11) is -3.35. The molecule has 0 aliphatic heterocycles. The normalized spacial score (nSPS) is 13.8. The van der Waals surface area contributed by atoms with Crippen LogP contribution < -0.4 is 0 Å². The Morgan fingerprint density at radius 3 is 2.33 bits per heavy atom. The molecule has 0 bridgehead atoms. The molecule has 1 aromatic rings. The molecule has 0 radical (unpaired) electrons. The van der Waals surface area contributed by atoms with E-state index < -0.39 is 10.0 Å². The van der Waals surface area contributed by atoms with Gasteiger partial charge in [0, 0.05) is 13.1 Å². The van der Waals surface area contributed by atoms with Crippen LogP contribution in [-0.4, -0.2) is 25.8 Å². The molecular weight excluding hydrogens is 246 g/mol. The number of aryl methyl sites for hydroxylation is 1. The molecule has 1 atom stereocenters. The molecule has 4 heteroatoms. The van der Waals surface area contributed by atoms with E-state index in [0.717, 1.165) is 12.0 Å². The molecule has 3 nitrogen and oxygen atoms in total. The van der Waals surface area contributed by atoms with Crippen molar-refractivity contribution in [3.63, 3.8) is 0 Å². The molecule has 0 amide bonds. The van der Waals surface area contributed by atoms with Gasteiger partial charge in [-0.1, -0.05) is 45.4 Å². The van der Waals surface area contributed by atoms with Crippen LogP contribution in [-0.2, 0) is 10.0 Å². The van der Waals surface area contributed by atoms with Gasteiger partial charge in [0.15, 0.2) is 0 Å². The smallest absolute Gasteiger partial charge is 0.207 e. The van der Waals surface area contributed by atoms with Crippen molar-refractivity contribution in [3.8, 4) is 0 Å². The third-order valence-corrected chi connectivity index (χ3v) is 5.38. The minimum atomic E-state index is -3.35. The van der Waals surface area contributed by atoms with E-state index in [4.69, 9.17) is 0 Å². The summed E-state index contributed by atoms with van der Waals surface area (Å²) in [6.45, 7) is 8.99. The molecule has 1 aromatic carbocycles. The fourth-order valence-corrected chi connectivity index (χ4v) is 3.65. The standard InChI is InChI=1S/C14H23NO2S/c1-5-12(3)11-15(6-2)18(16,17)14-10-8-7-9-13(14)4/h7-10,12H,5-6,11H2,1-4H3. The van der Waals surface area contributed by atoms with Crippen LogP contribution in [0.5, 0.6) is 0 Å². The fraction of sp³-hybridized carbons (Fsp3) is 0.571. The van der Waals surface area contributed by atoms with Crippen LogP contribution in [0.15, 0.2) is 29.2 Å². The molecule has 1 unspecified atom stereocenters. The topological polar surface area (TPSA) is 37.4 Å². The Morgan fingerprint density at radius 1 is 1.22 bits per heavy atom. The largest absolute Gasteiger partial charge is 0.243 e. The summed E-state index contributed by atoms with van der Waals surface area (Å²) in [5.74, 6) is 0.378. The van der Waals surface area contributed by atoms with Gasteiger partial charge < -0.3 is 0 Å². The van der Waals surface area contributed by atoms with Crippen LogP contribution in [0.3, 0.4) is 0 Å². The molecule has 1 rings (SSSR count). The zero-order valence-corrected chi connectivity index (χ0v) is 12.5. The zero-order chi connectivity index (χ0) is 13.8. The molecule has 0 saturated heterocycles. The number of hydrogen-bond donors (Lipinski definition) is 0. The Morgan fingerprint density at radius 2 is 1.83 bits per heavy atom. The minimum absolute atomic E-state index is 0.378. The molecule has 0 fully saturated rings. The average molecular weight is 269 g/mol. The van der Waals surface area contributed by atoms with Crippen LogP contribution in [0.1, 0.15) is 32.8 Å². The Balaban J connectivity index is 3.08. The lowest BCUT2D eigenvalue weighted by molar-refractivity contribution is 0.361.